The first-order chi connectivity index (χ1) is 10.8. The summed E-state index contributed by atoms with van der Waals surface area (Å²) in [5.41, 5.74) is 3.68. The number of para-hydroxylation sites is 1. The van der Waals surface area contributed by atoms with Gasteiger partial charge in [0, 0.05) is 17.1 Å². The fraction of sp³-hybridized carbons (Fsp3) is 0.250. The third-order valence-electron chi connectivity index (χ3n) is 3.66. The highest BCUT2D eigenvalue weighted by Crippen LogP contribution is 2.31. The van der Waals surface area contributed by atoms with E-state index in [4.69, 9.17) is 4.74 Å². The van der Waals surface area contributed by atoms with Gasteiger partial charge in [-0.2, -0.15) is 0 Å². The van der Waals surface area contributed by atoms with Gasteiger partial charge in [0.2, 0.25) is 0 Å². The van der Waals surface area contributed by atoms with Crippen molar-refractivity contribution in [2.75, 3.05) is 0 Å². The molecule has 1 aromatic heterocycles. The van der Waals surface area contributed by atoms with Gasteiger partial charge in [-0.15, -0.1) is 0 Å². The summed E-state index contributed by atoms with van der Waals surface area (Å²) in [6, 6.07) is 16.2. The van der Waals surface area contributed by atoms with Crippen LogP contribution in [0.2, 0.25) is 0 Å². The highest BCUT2D eigenvalue weighted by atomic mass is 16.6. The molecule has 0 saturated heterocycles. The first-order valence-corrected chi connectivity index (χ1v) is 7.76. The van der Waals surface area contributed by atoms with Gasteiger partial charge in [-0.05, 0) is 39.3 Å². The Hall–Kier alpha value is -2.55. The van der Waals surface area contributed by atoms with Crippen molar-refractivity contribution in [1.82, 2.24) is 4.57 Å². The van der Waals surface area contributed by atoms with E-state index in [1.54, 1.807) is 4.57 Å². The van der Waals surface area contributed by atoms with Crippen LogP contribution in [-0.2, 0) is 4.74 Å². The van der Waals surface area contributed by atoms with Gasteiger partial charge < -0.3 is 4.74 Å². The van der Waals surface area contributed by atoms with E-state index >= 15 is 0 Å². The molecule has 3 nitrogen and oxygen atoms in total. The quantitative estimate of drug-likeness (QED) is 0.602. The molecule has 2 aromatic carbocycles. The van der Waals surface area contributed by atoms with Crippen LogP contribution < -0.4 is 0 Å². The summed E-state index contributed by atoms with van der Waals surface area (Å²) < 4.78 is 7.12. The average Bonchev–Trinajstić information content (AvgIpc) is 2.86. The van der Waals surface area contributed by atoms with E-state index in [0.717, 1.165) is 22.0 Å². The molecule has 0 fully saturated rings. The van der Waals surface area contributed by atoms with Crippen LogP contribution in [0.15, 0.2) is 54.7 Å². The normalized spacial score (nSPS) is 11.7. The molecular weight excluding hydrogens is 286 g/mol. The molecule has 3 rings (SSSR count). The molecule has 0 spiro atoms. The van der Waals surface area contributed by atoms with E-state index in [-0.39, 0.29) is 6.09 Å². The van der Waals surface area contributed by atoms with E-state index in [0.29, 0.717) is 0 Å². The molecule has 23 heavy (non-hydrogen) atoms. The summed E-state index contributed by atoms with van der Waals surface area (Å²) in [6.07, 6.45) is 1.51. The molecule has 0 unspecified atom stereocenters. The Morgan fingerprint density at radius 2 is 1.65 bits per heavy atom. The predicted molar refractivity (Wildman–Crippen MR) is 93.7 cm³/mol. The zero-order valence-electron chi connectivity index (χ0n) is 14.0. The molecule has 0 aliphatic heterocycles. The number of benzene rings is 2. The van der Waals surface area contributed by atoms with Gasteiger partial charge >= 0.3 is 6.09 Å². The number of carbonyl (C=O) groups excluding carboxylic acids is 1. The first-order valence-electron chi connectivity index (χ1n) is 7.76. The van der Waals surface area contributed by atoms with Crippen molar-refractivity contribution in [3.63, 3.8) is 0 Å². The van der Waals surface area contributed by atoms with Gasteiger partial charge in [-0.3, -0.25) is 4.57 Å². The second-order valence-corrected chi connectivity index (χ2v) is 6.78. The topological polar surface area (TPSA) is 31.2 Å². The fourth-order valence-corrected chi connectivity index (χ4v) is 2.60. The number of aryl methyl sites for hydroxylation is 1. The Kier molecular flexibility index (Phi) is 3.72. The van der Waals surface area contributed by atoms with E-state index in [1.165, 1.54) is 5.56 Å². The Morgan fingerprint density at radius 3 is 2.30 bits per heavy atom. The summed E-state index contributed by atoms with van der Waals surface area (Å²) in [7, 11) is 0. The highest BCUT2D eigenvalue weighted by molar-refractivity contribution is 6.00. The number of hydrogen-bond acceptors (Lipinski definition) is 2. The Bertz CT molecular complexity index is 851. The first kappa shape index (κ1) is 15.3. The summed E-state index contributed by atoms with van der Waals surface area (Å²) in [5.74, 6) is 0. The predicted octanol–water partition coefficient (Wildman–Crippen LogP) is 5.40. The molecule has 0 bridgehead atoms. The molecule has 0 atom stereocenters. The maximum Gasteiger partial charge on any atom is 0.419 e. The van der Waals surface area contributed by atoms with Crippen molar-refractivity contribution in [2.45, 2.75) is 33.3 Å². The molecule has 0 aliphatic rings. The lowest BCUT2D eigenvalue weighted by Crippen LogP contribution is -2.26. The molecule has 0 amide bonds. The van der Waals surface area contributed by atoms with Crippen molar-refractivity contribution >= 4 is 17.0 Å². The number of fused-ring (bicyclic) bond motifs is 1. The van der Waals surface area contributed by atoms with Crippen LogP contribution in [0.1, 0.15) is 26.3 Å². The minimum atomic E-state index is -0.521. The van der Waals surface area contributed by atoms with Crippen LogP contribution in [0.25, 0.3) is 22.0 Å². The van der Waals surface area contributed by atoms with Gasteiger partial charge in [0.25, 0.3) is 0 Å². The molecule has 0 radical (unpaired) electrons. The van der Waals surface area contributed by atoms with Crippen LogP contribution in [0.3, 0.4) is 0 Å². The van der Waals surface area contributed by atoms with Crippen LogP contribution in [-0.4, -0.2) is 16.3 Å². The number of carbonyl (C=O) groups is 1. The molecule has 3 heteroatoms. The van der Waals surface area contributed by atoms with Gasteiger partial charge in [0.05, 0.1) is 5.52 Å². The van der Waals surface area contributed by atoms with Crippen LogP contribution in [0.4, 0.5) is 4.79 Å². The minimum Gasteiger partial charge on any atom is -0.443 e. The highest BCUT2D eigenvalue weighted by Gasteiger charge is 2.20. The summed E-state index contributed by atoms with van der Waals surface area (Å²) >= 11 is 0. The summed E-state index contributed by atoms with van der Waals surface area (Å²) in [6.45, 7) is 7.68. The third kappa shape index (κ3) is 3.14. The molecule has 0 saturated carbocycles. The maximum absolute atomic E-state index is 12.5. The lowest BCUT2D eigenvalue weighted by molar-refractivity contribution is 0.0544. The van der Waals surface area contributed by atoms with Crippen molar-refractivity contribution in [3.8, 4) is 11.1 Å². The van der Waals surface area contributed by atoms with Crippen molar-refractivity contribution in [3.05, 3.63) is 60.3 Å². The Morgan fingerprint density at radius 1 is 1.00 bits per heavy atom. The zero-order chi connectivity index (χ0) is 16.6. The number of nitrogens with zero attached hydrogens (tertiary/aromatic N) is 1. The van der Waals surface area contributed by atoms with Crippen LogP contribution in [0, 0.1) is 6.92 Å². The lowest BCUT2D eigenvalue weighted by atomic mass is 10.0. The Balaban J connectivity index is 2.14. The second-order valence-electron chi connectivity index (χ2n) is 6.78. The SMILES string of the molecule is Cc1ccc(-c2cn(C(=O)OC(C)(C)C)c3ccccc23)cc1. The number of aromatic nitrogens is 1. The number of ether oxygens (including phenoxy) is 1. The third-order valence-corrected chi connectivity index (χ3v) is 3.66. The molecule has 0 N–H and O–H groups in total. The van der Waals surface area contributed by atoms with Gasteiger partial charge in [-0.1, -0.05) is 48.0 Å². The zero-order valence-corrected chi connectivity index (χ0v) is 14.0. The van der Waals surface area contributed by atoms with E-state index in [9.17, 15) is 4.79 Å². The second kappa shape index (κ2) is 5.58. The van der Waals surface area contributed by atoms with Gasteiger partial charge in [0.1, 0.15) is 5.60 Å². The van der Waals surface area contributed by atoms with Gasteiger partial charge in [-0.25, -0.2) is 4.79 Å². The molecule has 0 aliphatic carbocycles. The molecular formula is C20H21NO2. The van der Waals surface area contributed by atoms with E-state index in [2.05, 4.69) is 31.2 Å². The van der Waals surface area contributed by atoms with E-state index in [1.807, 2.05) is 51.2 Å². The van der Waals surface area contributed by atoms with Crippen LogP contribution in [0.5, 0.6) is 0 Å². The van der Waals surface area contributed by atoms with E-state index < -0.39 is 5.60 Å². The van der Waals surface area contributed by atoms with Crippen molar-refractivity contribution < 1.29 is 9.53 Å². The minimum absolute atomic E-state index is 0.355. The number of hydrogen-bond donors (Lipinski definition) is 0. The smallest absolute Gasteiger partial charge is 0.419 e. The van der Waals surface area contributed by atoms with Crippen LogP contribution >= 0.6 is 0 Å². The molecule has 1 heterocycles. The number of rotatable bonds is 1. The maximum atomic E-state index is 12.5. The summed E-state index contributed by atoms with van der Waals surface area (Å²) in [4.78, 5) is 12.5. The molecule has 118 valence electrons. The average molecular weight is 307 g/mol. The standard InChI is InChI=1S/C20H21NO2/c1-14-9-11-15(12-10-14)17-13-21(19(22)23-20(2,3)4)18-8-6-5-7-16(17)18/h5-13H,1-4H3. The summed E-state index contributed by atoms with van der Waals surface area (Å²) in [5, 5.41) is 1.04. The largest absolute Gasteiger partial charge is 0.443 e. The van der Waals surface area contributed by atoms with Crippen molar-refractivity contribution in [1.29, 1.82) is 0 Å². The lowest BCUT2D eigenvalue weighted by Gasteiger charge is -2.19. The van der Waals surface area contributed by atoms with Crippen molar-refractivity contribution in [2.24, 2.45) is 0 Å². The fourth-order valence-electron chi connectivity index (χ4n) is 2.60. The Labute approximate surface area is 136 Å². The molecule has 3 aromatic rings. The van der Waals surface area contributed by atoms with Gasteiger partial charge in [0.15, 0.2) is 0 Å². The monoisotopic (exact) mass is 307 g/mol.